The highest BCUT2D eigenvalue weighted by Crippen LogP contribution is 2.29. The number of hydrogen-bond donors (Lipinski definition) is 1. The van der Waals surface area contributed by atoms with Gasteiger partial charge in [-0.15, -0.1) is 0 Å². The van der Waals surface area contributed by atoms with E-state index in [1.807, 2.05) is 13.0 Å². The molecule has 21 heavy (non-hydrogen) atoms. The van der Waals surface area contributed by atoms with Crippen molar-refractivity contribution in [3.8, 4) is 5.75 Å². The summed E-state index contributed by atoms with van der Waals surface area (Å²) in [6, 6.07) is 17.7. The Balaban J connectivity index is 1.67. The van der Waals surface area contributed by atoms with Gasteiger partial charge in [-0.2, -0.15) is 0 Å². The van der Waals surface area contributed by atoms with Crippen molar-refractivity contribution in [3.05, 3.63) is 65.2 Å². The topological polar surface area (TPSA) is 21.3 Å². The number of aryl methyl sites for hydroxylation is 1. The fourth-order valence-electron chi connectivity index (χ4n) is 3.12. The Labute approximate surface area is 127 Å². The highest BCUT2D eigenvalue weighted by molar-refractivity contribution is 5.33. The molecule has 0 fully saturated rings. The molecule has 0 aromatic heterocycles. The van der Waals surface area contributed by atoms with Crippen LogP contribution in [0.1, 0.15) is 42.5 Å². The zero-order valence-corrected chi connectivity index (χ0v) is 12.6. The van der Waals surface area contributed by atoms with Crippen molar-refractivity contribution in [1.29, 1.82) is 0 Å². The summed E-state index contributed by atoms with van der Waals surface area (Å²) in [5.74, 6) is 0.959. The summed E-state index contributed by atoms with van der Waals surface area (Å²) in [4.78, 5) is 0. The Morgan fingerprint density at radius 2 is 2.05 bits per heavy atom. The van der Waals surface area contributed by atoms with E-state index in [1.165, 1.54) is 36.0 Å². The third kappa shape index (κ3) is 3.45. The Hall–Kier alpha value is -1.80. The van der Waals surface area contributed by atoms with Crippen molar-refractivity contribution >= 4 is 0 Å². The molecule has 2 nitrogen and oxygen atoms in total. The van der Waals surface area contributed by atoms with E-state index in [1.54, 1.807) is 0 Å². The minimum absolute atomic E-state index is 0.477. The van der Waals surface area contributed by atoms with Gasteiger partial charge in [-0.25, -0.2) is 0 Å². The molecule has 0 radical (unpaired) electrons. The van der Waals surface area contributed by atoms with Gasteiger partial charge in [0.2, 0.25) is 0 Å². The lowest BCUT2D eigenvalue weighted by Gasteiger charge is -2.26. The van der Waals surface area contributed by atoms with E-state index >= 15 is 0 Å². The molecular weight excluding hydrogens is 258 g/mol. The molecule has 0 amide bonds. The fraction of sp³-hybridized carbons (Fsp3) is 0.368. The second-order valence-corrected chi connectivity index (χ2v) is 5.60. The summed E-state index contributed by atoms with van der Waals surface area (Å²) in [6.07, 6.45) is 3.71. The molecule has 0 bridgehead atoms. The molecule has 0 saturated heterocycles. The van der Waals surface area contributed by atoms with E-state index in [0.29, 0.717) is 12.6 Å². The molecule has 110 valence electrons. The summed E-state index contributed by atoms with van der Waals surface area (Å²) in [5.41, 5.74) is 4.26. The van der Waals surface area contributed by atoms with Gasteiger partial charge in [-0.3, -0.25) is 0 Å². The second kappa shape index (κ2) is 6.77. The van der Waals surface area contributed by atoms with Gasteiger partial charge in [0.15, 0.2) is 0 Å². The molecular formula is C19H23NO. The summed E-state index contributed by atoms with van der Waals surface area (Å²) in [6.45, 7) is 3.62. The van der Waals surface area contributed by atoms with Crippen LogP contribution in [0.4, 0.5) is 0 Å². The first-order valence-electron chi connectivity index (χ1n) is 7.89. The molecule has 0 heterocycles. The average Bonchev–Trinajstić information content (AvgIpc) is 2.53. The normalized spacial score (nSPS) is 17.3. The van der Waals surface area contributed by atoms with E-state index in [4.69, 9.17) is 4.74 Å². The molecule has 3 rings (SSSR count). The first-order valence-corrected chi connectivity index (χ1v) is 7.89. The molecule has 0 aliphatic heterocycles. The van der Waals surface area contributed by atoms with E-state index in [2.05, 4.69) is 47.8 Å². The van der Waals surface area contributed by atoms with Crippen LogP contribution in [-0.4, -0.2) is 6.61 Å². The van der Waals surface area contributed by atoms with Gasteiger partial charge in [0.1, 0.15) is 5.75 Å². The maximum absolute atomic E-state index is 5.57. The molecule has 0 saturated carbocycles. The minimum Gasteiger partial charge on any atom is -0.494 e. The largest absolute Gasteiger partial charge is 0.494 e. The van der Waals surface area contributed by atoms with Crippen molar-refractivity contribution in [1.82, 2.24) is 5.32 Å². The SMILES string of the molecule is CCOc1cccc(CN[C@H]2CCCc3ccccc32)c1. The number of rotatable bonds is 5. The Morgan fingerprint density at radius 3 is 2.95 bits per heavy atom. The highest BCUT2D eigenvalue weighted by Gasteiger charge is 2.18. The average molecular weight is 281 g/mol. The van der Waals surface area contributed by atoms with E-state index in [-0.39, 0.29) is 0 Å². The molecule has 2 heteroatoms. The van der Waals surface area contributed by atoms with Crippen LogP contribution < -0.4 is 10.1 Å². The third-order valence-corrected chi connectivity index (χ3v) is 4.13. The van der Waals surface area contributed by atoms with Gasteiger partial charge in [0.05, 0.1) is 6.61 Å². The minimum atomic E-state index is 0.477. The van der Waals surface area contributed by atoms with Crippen LogP contribution >= 0.6 is 0 Å². The van der Waals surface area contributed by atoms with Crippen molar-refractivity contribution in [2.45, 2.75) is 38.8 Å². The van der Waals surface area contributed by atoms with E-state index in [9.17, 15) is 0 Å². The Morgan fingerprint density at radius 1 is 1.14 bits per heavy atom. The van der Waals surface area contributed by atoms with Gasteiger partial charge < -0.3 is 10.1 Å². The summed E-state index contributed by atoms with van der Waals surface area (Å²) in [5, 5.41) is 3.71. The van der Waals surface area contributed by atoms with E-state index in [0.717, 1.165) is 12.3 Å². The zero-order chi connectivity index (χ0) is 14.5. The van der Waals surface area contributed by atoms with Crippen molar-refractivity contribution in [2.24, 2.45) is 0 Å². The number of hydrogen-bond acceptors (Lipinski definition) is 2. The Kier molecular flexibility index (Phi) is 4.56. The van der Waals surface area contributed by atoms with Crippen LogP contribution in [0.15, 0.2) is 48.5 Å². The van der Waals surface area contributed by atoms with E-state index < -0.39 is 0 Å². The molecule has 2 aromatic carbocycles. The predicted octanol–water partition coefficient (Wildman–Crippen LogP) is 4.25. The molecule has 1 aliphatic carbocycles. The van der Waals surface area contributed by atoms with Crippen LogP contribution in [0.5, 0.6) is 5.75 Å². The molecule has 1 N–H and O–H groups in total. The van der Waals surface area contributed by atoms with Crippen LogP contribution in [0.2, 0.25) is 0 Å². The van der Waals surface area contributed by atoms with Gasteiger partial charge in [-0.05, 0) is 55.0 Å². The summed E-state index contributed by atoms with van der Waals surface area (Å²) < 4.78 is 5.57. The monoisotopic (exact) mass is 281 g/mol. The smallest absolute Gasteiger partial charge is 0.119 e. The second-order valence-electron chi connectivity index (χ2n) is 5.60. The van der Waals surface area contributed by atoms with Gasteiger partial charge >= 0.3 is 0 Å². The quantitative estimate of drug-likeness (QED) is 0.884. The lowest BCUT2D eigenvalue weighted by molar-refractivity contribution is 0.339. The number of benzene rings is 2. The number of fused-ring (bicyclic) bond motifs is 1. The van der Waals surface area contributed by atoms with Crippen LogP contribution in [0.3, 0.4) is 0 Å². The van der Waals surface area contributed by atoms with Crippen LogP contribution in [0, 0.1) is 0 Å². The predicted molar refractivity (Wildman–Crippen MR) is 86.6 cm³/mol. The van der Waals surface area contributed by atoms with Gasteiger partial charge in [-0.1, -0.05) is 36.4 Å². The third-order valence-electron chi connectivity index (χ3n) is 4.13. The molecule has 0 spiro atoms. The summed E-state index contributed by atoms with van der Waals surface area (Å²) in [7, 11) is 0. The molecule has 2 aromatic rings. The van der Waals surface area contributed by atoms with Gasteiger partial charge in [0.25, 0.3) is 0 Å². The molecule has 1 aliphatic rings. The van der Waals surface area contributed by atoms with Crippen molar-refractivity contribution in [2.75, 3.05) is 6.61 Å². The van der Waals surface area contributed by atoms with Crippen LogP contribution in [0.25, 0.3) is 0 Å². The van der Waals surface area contributed by atoms with Gasteiger partial charge in [0, 0.05) is 12.6 Å². The maximum atomic E-state index is 5.57. The van der Waals surface area contributed by atoms with Crippen LogP contribution in [-0.2, 0) is 13.0 Å². The molecule has 0 unspecified atom stereocenters. The first-order chi connectivity index (χ1) is 10.4. The number of ether oxygens (including phenoxy) is 1. The lowest BCUT2D eigenvalue weighted by atomic mass is 9.87. The first kappa shape index (κ1) is 14.2. The Bertz CT molecular complexity index is 594. The molecule has 1 atom stereocenters. The standard InChI is InChI=1S/C19H23NO/c1-2-21-17-10-5-7-15(13-17)14-20-19-12-6-9-16-8-3-4-11-18(16)19/h3-5,7-8,10-11,13,19-20H,2,6,9,12,14H2,1H3/t19-/m0/s1. The van der Waals surface area contributed by atoms with Crippen molar-refractivity contribution < 1.29 is 4.74 Å². The number of nitrogens with one attached hydrogen (secondary N) is 1. The fourth-order valence-corrected chi connectivity index (χ4v) is 3.12. The van der Waals surface area contributed by atoms with Crippen molar-refractivity contribution in [3.63, 3.8) is 0 Å². The highest BCUT2D eigenvalue weighted by atomic mass is 16.5. The lowest BCUT2D eigenvalue weighted by Crippen LogP contribution is -2.24. The zero-order valence-electron chi connectivity index (χ0n) is 12.6. The maximum Gasteiger partial charge on any atom is 0.119 e. The summed E-state index contributed by atoms with van der Waals surface area (Å²) >= 11 is 0.